The zero-order valence-electron chi connectivity index (χ0n) is 17.4. The maximum Gasteiger partial charge on any atom is 0.509 e. The quantitative estimate of drug-likeness (QED) is 0.692. The van der Waals surface area contributed by atoms with E-state index >= 15 is 0 Å². The molecule has 0 aromatic rings. The number of hydrogen-bond donors (Lipinski definition) is 0. The number of ether oxygens (including phenoxy) is 4. The fourth-order valence-corrected chi connectivity index (χ4v) is 3.75. The summed E-state index contributed by atoms with van der Waals surface area (Å²) in [4.78, 5) is 24.0. The zero-order chi connectivity index (χ0) is 20.0. The summed E-state index contributed by atoms with van der Waals surface area (Å²) in [5, 5.41) is 0. The smallest absolute Gasteiger partial charge is 0.459 e. The van der Waals surface area contributed by atoms with E-state index < -0.39 is 28.9 Å². The SMILES string of the molecule is CC(C)(C)OC1(C)CCC(C2(C)COC(=O)O2)CC1OC(=O)C(C)(C)C. The van der Waals surface area contributed by atoms with Gasteiger partial charge in [0.15, 0.2) is 0 Å². The normalized spacial score (nSPS) is 35.6. The Morgan fingerprint density at radius 2 is 1.77 bits per heavy atom. The lowest BCUT2D eigenvalue weighted by atomic mass is 9.71. The summed E-state index contributed by atoms with van der Waals surface area (Å²) < 4.78 is 22.7. The maximum atomic E-state index is 12.6. The van der Waals surface area contributed by atoms with Crippen LogP contribution < -0.4 is 0 Å². The molecule has 0 aromatic carbocycles. The van der Waals surface area contributed by atoms with Gasteiger partial charge in [0.05, 0.1) is 11.0 Å². The number of hydrogen-bond acceptors (Lipinski definition) is 6. The Bertz CT molecular complexity index is 558. The summed E-state index contributed by atoms with van der Waals surface area (Å²) in [6.45, 7) is 15.6. The highest BCUT2D eigenvalue weighted by atomic mass is 16.8. The number of carbonyl (C=O) groups excluding carboxylic acids is 2. The molecule has 2 rings (SSSR count). The monoisotopic (exact) mass is 370 g/mol. The molecule has 0 N–H and O–H groups in total. The minimum Gasteiger partial charge on any atom is -0.459 e. The standard InChI is InChI=1S/C20H34O6/c1-17(2,3)15(21)24-14-11-13(20(8)12-23-16(22)25-20)9-10-19(14,7)26-18(4,5)6/h13-14H,9-12H2,1-8H3. The Kier molecular flexibility index (Phi) is 5.41. The number of carbonyl (C=O) groups is 2. The fraction of sp³-hybridized carbons (Fsp3) is 0.900. The van der Waals surface area contributed by atoms with Crippen molar-refractivity contribution in [2.75, 3.05) is 6.61 Å². The van der Waals surface area contributed by atoms with Gasteiger partial charge >= 0.3 is 12.1 Å². The van der Waals surface area contributed by atoms with Crippen LogP contribution in [0.2, 0.25) is 0 Å². The molecule has 26 heavy (non-hydrogen) atoms. The Morgan fingerprint density at radius 3 is 2.23 bits per heavy atom. The third-order valence-electron chi connectivity index (χ3n) is 5.23. The van der Waals surface area contributed by atoms with Gasteiger partial charge in [-0.05, 0) is 74.7 Å². The molecule has 0 spiro atoms. The molecule has 150 valence electrons. The van der Waals surface area contributed by atoms with Crippen LogP contribution in [0.3, 0.4) is 0 Å². The van der Waals surface area contributed by atoms with E-state index in [0.717, 1.165) is 6.42 Å². The van der Waals surface area contributed by atoms with Crippen LogP contribution in [-0.4, -0.2) is 41.6 Å². The van der Waals surface area contributed by atoms with Crippen molar-refractivity contribution in [1.29, 1.82) is 0 Å². The Labute approximate surface area is 156 Å². The lowest BCUT2D eigenvalue weighted by Crippen LogP contribution is -2.56. The molecule has 6 heteroatoms. The van der Waals surface area contributed by atoms with Gasteiger partial charge < -0.3 is 18.9 Å². The van der Waals surface area contributed by atoms with Crippen molar-refractivity contribution in [3.8, 4) is 0 Å². The van der Waals surface area contributed by atoms with Crippen molar-refractivity contribution >= 4 is 12.1 Å². The molecule has 0 bridgehead atoms. The number of rotatable bonds is 3. The predicted octanol–water partition coefficient (Wildman–Crippen LogP) is 4.24. The van der Waals surface area contributed by atoms with Gasteiger partial charge in [-0.3, -0.25) is 4.79 Å². The van der Waals surface area contributed by atoms with E-state index in [9.17, 15) is 9.59 Å². The highest BCUT2D eigenvalue weighted by Crippen LogP contribution is 2.45. The molecule has 1 aliphatic heterocycles. The van der Waals surface area contributed by atoms with Gasteiger partial charge in [0.1, 0.15) is 23.9 Å². The van der Waals surface area contributed by atoms with Crippen LogP contribution in [0.15, 0.2) is 0 Å². The lowest BCUT2D eigenvalue weighted by Gasteiger charge is -2.48. The summed E-state index contributed by atoms with van der Waals surface area (Å²) in [6.07, 6.45) is 1.05. The van der Waals surface area contributed by atoms with E-state index in [0.29, 0.717) is 12.8 Å². The van der Waals surface area contributed by atoms with Crippen LogP contribution in [0.25, 0.3) is 0 Å². The topological polar surface area (TPSA) is 71.1 Å². The average molecular weight is 370 g/mol. The van der Waals surface area contributed by atoms with Crippen molar-refractivity contribution in [3.63, 3.8) is 0 Å². The molecule has 1 saturated carbocycles. The van der Waals surface area contributed by atoms with E-state index in [1.165, 1.54) is 0 Å². The van der Waals surface area contributed by atoms with Crippen molar-refractivity contribution in [3.05, 3.63) is 0 Å². The molecular weight excluding hydrogens is 336 g/mol. The summed E-state index contributed by atoms with van der Waals surface area (Å²) >= 11 is 0. The van der Waals surface area contributed by atoms with Crippen molar-refractivity contribution in [2.24, 2.45) is 11.3 Å². The van der Waals surface area contributed by atoms with Gasteiger partial charge in [-0.1, -0.05) is 0 Å². The average Bonchev–Trinajstić information content (AvgIpc) is 2.78. The van der Waals surface area contributed by atoms with Crippen molar-refractivity contribution < 1.29 is 28.5 Å². The molecular formula is C20H34O6. The minimum atomic E-state index is -0.688. The molecule has 4 atom stereocenters. The van der Waals surface area contributed by atoms with Gasteiger partial charge in [-0.25, -0.2) is 4.79 Å². The minimum absolute atomic E-state index is 0.0448. The highest BCUT2D eigenvalue weighted by Gasteiger charge is 2.53. The molecule has 1 heterocycles. The van der Waals surface area contributed by atoms with Crippen LogP contribution in [0.1, 0.15) is 74.7 Å². The fourth-order valence-electron chi connectivity index (χ4n) is 3.75. The van der Waals surface area contributed by atoms with E-state index in [4.69, 9.17) is 18.9 Å². The van der Waals surface area contributed by atoms with E-state index in [1.54, 1.807) is 0 Å². The summed E-state index contributed by atoms with van der Waals surface area (Å²) in [5.74, 6) is -0.208. The Hall–Kier alpha value is -1.30. The first-order chi connectivity index (χ1) is 11.6. The maximum absolute atomic E-state index is 12.6. The lowest BCUT2D eigenvalue weighted by molar-refractivity contribution is -0.221. The first-order valence-electron chi connectivity index (χ1n) is 9.42. The largest absolute Gasteiger partial charge is 0.509 e. The molecule has 2 aliphatic rings. The predicted molar refractivity (Wildman–Crippen MR) is 96.8 cm³/mol. The number of esters is 1. The number of cyclic esters (lactones) is 2. The van der Waals surface area contributed by atoms with E-state index in [-0.39, 0.29) is 24.1 Å². The van der Waals surface area contributed by atoms with Crippen LogP contribution in [0.5, 0.6) is 0 Å². The zero-order valence-corrected chi connectivity index (χ0v) is 17.4. The molecule has 2 fully saturated rings. The molecule has 0 aromatic heterocycles. The first-order valence-corrected chi connectivity index (χ1v) is 9.42. The summed E-state index contributed by atoms with van der Waals surface area (Å²) in [6, 6.07) is 0. The molecule has 1 saturated heterocycles. The van der Waals surface area contributed by atoms with E-state index in [2.05, 4.69) is 0 Å². The van der Waals surface area contributed by atoms with Crippen LogP contribution in [0, 0.1) is 11.3 Å². The van der Waals surface area contributed by atoms with Gasteiger partial charge in [-0.2, -0.15) is 0 Å². The summed E-state index contributed by atoms with van der Waals surface area (Å²) in [5.41, 5.74) is -2.23. The van der Waals surface area contributed by atoms with Crippen LogP contribution >= 0.6 is 0 Å². The second-order valence-corrected chi connectivity index (χ2v) is 10.1. The molecule has 6 nitrogen and oxygen atoms in total. The van der Waals surface area contributed by atoms with Crippen molar-refractivity contribution in [1.82, 2.24) is 0 Å². The van der Waals surface area contributed by atoms with E-state index in [1.807, 2.05) is 55.4 Å². The molecule has 0 radical (unpaired) electrons. The third kappa shape index (κ3) is 4.70. The molecule has 0 amide bonds. The Balaban J connectivity index is 2.23. The van der Waals surface area contributed by atoms with Gasteiger partial charge in [0, 0.05) is 5.92 Å². The van der Waals surface area contributed by atoms with Crippen LogP contribution in [-0.2, 0) is 23.7 Å². The first kappa shape index (κ1) is 21.0. The third-order valence-corrected chi connectivity index (χ3v) is 5.23. The second-order valence-electron chi connectivity index (χ2n) is 10.1. The van der Waals surface area contributed by atoms with Gasteiger partial charge in [-0.15, -0.1) is 0 Å². The van der Waals surface area contributed by atoms with Crippen LogP contribution in [0.4, 0.5) is 4.79 Å². The molecule has 1 aliphatic carbocycles. The van der Waals surface area contributed by atoms with Gasteiger partial charge in [0.2, 0.25) is 0 Å². The molecule has 4 unspecified atom stereocenters. The van der Waals surface area contributed by atoms with Crippen molar-refractivity contribution in [2.45, 2.75) is 97.6 Å². The highest BCUT2D eigenvalue weighted by molar-refractivity contribution is 5.75. The second kappa shape index (κ2) is 6.70. The Morgan fingerprint density at radius 1 is 1.15 bits per heavy atom. The summed E-state index contributed by atoms with van der Waals surface area (Å²) in [7, 11) is 0. The van der Waals surface area contributed by atoms with Gasteiger partial charge in [0.25, 0.3) is 0 Å².